The van der Waals surface area contributed by atoms with Crippen molar-refractivity contribution in [3.8, 4) is 0 Å². The summed E-state index contributed by atoms with van der Waals surface area (Å²) in [4.78, 5) is 16.1. The maximum absolute atomic E-state index is 8.25. The summed E-state index contributed by atoms with van der Waals surface area (Å²) in [5.74, 6) is 0.922. The van der Waals surface area contributed by atoms with E-state index in [-0.39, 0.29) is 20.7 Å². The molecule has 0 spiro atoms. The van der Waals surface area contributed by atoms with Crippen molar-refractivity contribution >= 4 is 54.9 Å². The van der Waals surface area contributed by atoms with Gasteiger partial charge in [0.25, 0.3) is 0 Å². The van der Waals surface area contributed by atoms with Gasteiger partial charge < -0.3 is 10.0 Å². The average Bonchev–Trinajstić information content (AvgIpc) is 3.52. The van der Waals surface area contributed by atoms with Crippen LogP contribution in [-0.2, 0) is 0 Å². The smallest absolute Gasteiger partial charge is 0.427 e. The van der Waals surface area contributed by atoms with Gasteiger partial charge in [-0.25, -0.2) is 15.0 Å². The molecule has 10 heteroatoms. The van der Waals surface area contributed by atoms with Gasteiger partial charge in [-0.3, -0.25) is 4.98 Å². The zero-order valence-corrected chi connectivity index (χ0v) is 19.4. The molecule has 0 unspecified atom stereocenters. The summed E-state index contributed by atoms with van der Waals surface area (Å²) in [7, 11) is -1.04. The molecule has 2 fully saturated rings. The second kappa shape index (κ2) is 16.4. The van der Waals surface area contributed by atoms with Gasteiger partial charge in [0.15, 0.2) is 0 Å². The minimum Gasteiger partial charge on any atom is -0.427 e. The van der Waals surface area contributed by atoms with Crippen LogP contribution in [-0.4, -0.2) is 37.1 Å². The molecule has 0 bridgehead atoms. The van der Waals surface area contributed by atoms with Crippen molar-refractivity contribution in [2.75, 3.05) is 0 Å². The minimum absolute atomic E-state index is 0. The van der Waals surface area contributed by atoms with Crippen LogP contribution in [0.25, 0.3) is 0 Å². The topological polar surface area (TPSA) is 92.0 Å². The largest absolute Gasteiger partial charge is 0.454 e. The van der Waals surface area contributed by atoms with E-state index in [0.717, 1.165) is 32.3 Å². The highest BCUT2D eigenvalue weighted by Gasteiger charge is 2.33. The van der Waals surface area contributed by atoms with Crippen LogP contribution in [0.15, 0.2) is 38.6 Å². The van der Waals surface area contributed by atoms with Crippen molar-refractivity contribution in [1.29, 1.82) is 0 Å². The Balaban J connectivity index is 0. The lowest BCUT2D eigenvalue weighted by Crippen LogP contribution is -2.09. The Labute approximate surface area is 194 Å². The molecule has 2 aliphatic carbocycles. The van der Waals surface area contributed by atoms with E-state index in [1.807, 2.05) is 20.0 Å². The third-order valence-electron chi connectivity index (χ3n) is 3.27. The molecule has 0 saturated heterocycles. The fourth-order valence-electron chi connectivity index (χ4n) is 1.60. The van der Waals surface area contributed by atoms with Crippen LogP contribution in [0.4, 0.5) is 0 Å². The van der Waals surface area contributed by atoms with Crippen LogP contribution < -0.4 is 0 Å². The highest BCUT2D eigenvalue weighted by atomic mass is 79.9. The van der Waals surface area contributed by atoms with E-state index in [9.17, 15) is 0 Å². The molecule has 2 aromatic rings. The molecule has 4 rings (SSSR count). The fraction of sp³-hybridized carbons (Fsp3) is 0.556. The molecule has 28 heavy (non-hydrogen) atoms. The highest BCUT2D eigenvalue weighted by molar-refractivity contribution is 9.11. The summed E-state index contributed by atoms with van der Waals surface area (Å²) < 4.78 is 2.32. The SMILES string of the molecule is Brc1cnc(Br)cn1.Brc1cnc(C2CC2)cn1.C.C.CC.OB(O)C1CC1. The molecule has 2 heterocycles. The van der Waals surface area contributed by atoms with Crippen LogP contribution in [0.1, 0.15) is 66.0 Å². The Morgan fingerprint density at radius 1 is 0.750 bits per heavy atom. The molecule has 2 saturated carbocycles. The Morgan fingerprint density at radius 3 is 1.36 bits per heavy atom. The molecule has 2 aliphatic rings. The summed E-state index contributed by atoms with van der Waals surface area (Å²) in [5.41, 5.74) is 1.14. The Kier molecular flexibility index (Phi) is 17.4. The standard InChI is InChI=1S/C7H7BrN2.C4H2Br2N2.C3H7BO2.C2H6.2CH4/c8-7-4-9-6(3-10-7)5-1-2-5;5-3-1-7-4(6)2-8-3;5-4(6)3-1-2-3;1-2;;/h3-5H,1-2H2;1-2H;3,5-6H,1-2H2;1-2H3;2*1H4. The first-order chi connectivity index (χ1) is 12.5. The lowest BCUT2D eigenvalue weighted by Gasteiger charge is -1.93. The van der Waals surface area contributed by atoms with E-state index < -0.39 is 7.12 Å². The average molecular weight is 585 g/mol. The summed E-state index contributed by atoms with van der Waals surface area (Å²) in [6.07, 6.45) is 11.4. The number of aromatic nitrogens is 4. The van der Waals surface area contributed by atoms with Gasteiger partial charge in [0.05, 0.1) is 24.3 Å². The number of nitrogens with zero attached hydrogens (tertiary/aromatic N) is 4. The first-order valence-corrected chi connectivity index (χ1v) is 10.8. The first kappa shape index (κ1) is 29.8. The maximum Gasteiger partial charge on any atom is 0.454 e. The van der Waals surface area contributed by atoms with Crippen LogP contribution in [0.2, 0.25) is 5.82 Å². The molecular formula is C18H30BBr3N4O2. The normalized spacial score (nSPS) is 13.5. The number of halogens is 3. The molecule has 2 aromatic heterocycles. The Hall–Kier alpha value is -0.415. The quantitative estimate of drug-likeness (QED) is 0.418. The predicted molar refractivity (Wildman–Crippen MR) is 127 cm³/mol. The van der Waals surface area contributed by atoms with Gasteiger partial charge in [-0.2, -0.15) is 0 Å². The van der Waals surface area contributed by atoms with Crippen molar-refractivity contribution in [1.82, 2.24) is 19.9 Å². The van der Waals surface area contributed by atoms with E-state index in [0.29, 0.717) is 5.92 Å². The van der Waals surface area contributed by atoms with Crippen LogP contribution in [0, 0.1) is 0 Å². The van der Waals surface area contributed by atoms with Crippen molar-refractivity contribution in [3.05, 3.63) is 44.3 Å². The number of hydrogen-bond acceptors (Lipinski definition) is 6. The molecule has 2 N–H and O–H groups in total. The highest BCUT2D eigenvalue weighted by Crippen LogP contribution is 2.38. The number of rotatable bonds is 2. The zero-order chi connectivity index (χ0) is 19.5. The Bertz CT molecular complexity index is 605. The summed E-state index contributed by atoms with van der Waals surface area (Å²) >= 11 is 9.54. The van der Waals surface area contributed by atoms with Gasteiger partial charge in [0.2, 0.25) is 0 Å². The van der Waals surface area contributed by atoms with Crippen molar-refractivity contribution in [3.63, 3.8) is 0 Å². The van der Waals surface area contributed by atoms with E-state index in [1.165, 1.54) is 12.8 Å². The predicted octanol–water partition coefficient (Wildman–Crippen LogP) is 6.04. The molecule has 0 radical (unpaired) electrons. The van der Waals surface area contributed by atoms with Gasteiger partial charge in [-0.05, 0) is 66.4 Å². The molecule has 6 nitrogen and oxygen atoms in total. The van der Waals surface area contributed by atoms with E-state index >= 15 is 0 Å². The molecule has 158 valence electrons. The molecule has 0 amide bonds. The van der Waals surface area contributed by atoms with Gasteiger partial charge in [-0.15, -0.1) is 0 Å². The van der Waals surface area contributed by atoms with E-state index in [1.54, 1.807) is 18.6 Å². The second-order valence-electron chi connectivity index (χ2n) is 5.45. The molecular weight excluding hydrogens is 555 g/mol. The van der Waals surface area contributed by atoms with Crippen LogP contribution in [0.3, 0.4) is 0 Å². The van der Waals surface area contributed by atoms with Gasteiger partial charge in [0, 0.05) is 12.1 Å². The lowest BCUT2D eigenvalue weighted by atomic mass is 9.84. The third kappa shape index (κ3) is 13.7. The van der Waals surface area contributed by atoms with Crippen molar-refractivity contribution in [2.45, 2.75) is 66.1 Å². The van der Waals surface area contributed by atoms with Crippen LogP contribution in [0.5, 0.6) is 0 Å². The van der Waals surface area contributed by atoms with Gasteiger partial charge in [-0.1, -0.05) is 41.5 Å². The monoisotopic (exact) mass is 582 g/mol. The lowest BCUT2D eigenvalue weighted by molar-refractivity contribution is 0.403. The summed E-state index contributed by atoms with van der Waals surface area (Å²) in [5, 5.41) is 16.5. The third-order valence-corrected chi connectivity index (χ3v) is 4.50. The summed E-state index contributed by atoms with van der Waals surface area (Å²) in [6.45, 7) is 4.00. The minimum atomic E-state index is -1.04. The van der Waals surface area contributed by atoms with Crippen molar-refractivity contribution < 1.29 is 10.0 Å². The second-order valence-corrected chi connectivity index (χ2v) is 7.89. The molecule has 0 aliphatic heterocycles. The molecule has 0 atom stereocenters. The van der Waals surface area contributed by atoms with Gasteiger partial charge in [0.1, 0.15) is 13.8 Å². The van der Waals surface area contributed by atoms with Crippen LogP contribution >= 0.6 is 47.8 Å². The maximum atomic E-state index is 8.25. The molecule has 0 aromatic carbocycles. The van der Waals surface area contributed by atoms with E-state index in [2.05, 4.69) is 67.7 Å². The first-order valence-electron chi connectivity index (χ1n) is 8.42. The number of hydrogen-bond donors (Lipinski definition) is 2. The van der Waals surface area contributed by atoms with Crippen molar-refractivity contribution in [2.24, 2.45) is 0 Å². The summed E-state index contributed by atoms with van der Waals surface area (Å²) in [6, 6.07) is 0. The zero-order valence-electron chi connectivity index (χ0n) is 14.7. The fourth-order valence-corrected chi connectivity index (χ4v) is 2.22. The van der Waals surface area contributed by atoms with Gasteiger partial charge >= 0.3 is 7.12 Å². The Morgan fingerprint density at radius 2 is 1.14 bits per heavy atom. The van der Waals surface area contributed by atoms with E-state index in [4.69, 9.17) is 10.0 Å².